The molecule has 0 saturated heterocycles. The van der Waals surface area contributed by atoms with Crippen molar-refractivity contribution >= 4 is 33.8 Å². The smallest absolute Gasteiger partial charge is 0.339 e. The number of aryl methyl sites for hydroxylation is 4. The van der Waals surface area contributed by atoms with Gasteiger partial charge in [0.2, 0.25) is 5.91 Å². The van der Waals surface area contributed by atoms with Crippen LogP contribution < -0.4 is 16.0 Å². The van der Waals surface area contributed by atoms with Crippen LogP contribution in [0.1, 0.15) is 40.0 Å². The highest BCUT2D eigenvalue weighted by Gasteiger charge is 2.20. The highest BCUT2D eigenvalue weighted by Crippen LogP contribution is 2.34. The number of benzene rings is 2. The number of aliphatic carboxylic acids is 1. The van der Waals surface area contributed by atoms with Gasteiger partial charge >= 0.3 is 5.63 Å². The zero-order valence-electron chi connectivity index (χ0n) is 20.0. The van der Waals surface area contributed by atoms with Crippen molar-refractivity contribution in [1.82, 2.24) is 5.32 Å². The first kappa shape index (κ1) is 24.1. The molecule has 182 valence electrons. The Morgan fingerprint density at radius 1 is 0.971 bits per heavy atom. The van der Waals surface area contributed by atoms with Crippen molar-refractivity contribution in [3.05, 3.63) is 74.3 Å². The standard InChI is InChI=1S/C27H27NO7/c1-13-16(4)34-24-15(3)25-21(12-20(13)24)14(2)19(27(33)35-25)9-10-23(30)28-22(26(31)32)11-17-5-7-18(29)8-6-17/h5-8,12,22,29H,9-11H2,1-4H3,(H,28,30)(H,31,32)/p-1/t22-/m0/s1. The predicted molar refractivity (Wildman–Crippen MR) is 128 cm³/mol. The van der Waals surface area contributed by atoms with Crippen LogP contribution in [0.2, 0.25) is 0 Å². The van der Waals surface area contributed by atoms with E-state index in [1.54, 1.807) is 12.1 Å². The lowest BCUT2D eigenvalue weighted by atomic mass is 9.98. The topological polar surface area (TPSA) is 133 Å². The number of nitrogens with one attached hydrogen (secondary N) is 1. The van der Waals surface area contributed by atoms with Crippen molar-refractivity contribution in [2.24, 2.45) is 0 Å². The van der Waals surface area contributed by atoms with Crippen LogP contribution in [-0.2, 0) is 22.4 Å². The molecule has 8 heteroatoms. The van der Waals surface area contributed by atoms with Crippen LogP contribution in [0.4, 0.5) is 0 Å². The molecule has 0 saturated carbocycles. The molecule has 0 bridgehead atoms. The number of furan rings is 1. The lowest BCUT2D eigenvalue weighted by molar-refractivity contribution is -0.308. The van der Waals surface area contributed by atoms with Crippen molar-refractivity contribution in [3.8, 4) is 5.75 Å². The third kappa shape index (κ3) is 4.64. The number of phenolic OH excluding ortho intramolecular Hbond substituents is 1. The molecule has 1 atom stereocenters. The number of phenols is 1. The van der Waals surface area contributed by atoms with Gasteiger partial charge in [-0.2, -0.15) is 0 Å². The van der Waals surface area contributed by atoms with Gasteiger partial charge in [-0.3, -0.25) is 4.79 Å². The summed E-state index contributed by atoms with van der Waals surface area (Å²) in [6.07, 6.45) is 0.00116. The van der Waals surface area contributed by atoms with Gasteiger partial charge in [-0.25, -0.2) is 4.79 Å². The van der Waals surface area contributed by atoms with E-state index in [9.17, 15) is 24.6 Å². The van der Waals surface area contributed by atoms with Crippen molar-refractivity contribution in [3.63, 3.8) is 0 Å². The van der Waals surface area contributed by atoms with E-state index in [4.69, 9.17) is 8.83 Å². The fourth-order valence-corrected chi connectivity index (χ4v) is 4.35. The van der Waals surface area contributed by atoms with Gasteiger partial charge in [0, 0.05) is 28.3 Å². The minimum atomic E-state index is -1.42. The number of carboxylic acids is 1. The molecule has 2 aromatic heterocycles. The summed E-state index contributed by atoms with van der Waals surface area (Å²) in [6, 6.07) is 6.71. The van der Waals surface area contributed by atoms with Gasteiger partial charge in [0.25, 0.3) is 0 Å². The summed E-state index contributed by atoms with van der Waals surface area (Å²) in [6.45, 7) is 7.51. The summed E-state index contributed by atoms with van der Waals surface area (Å²) in [7, 11) is 0. The highest BCUT2D eigenvalue weighted by atomic mass is 16.4. The molecule has 8 nitrogen and oxygen atoms in total. The van der Waals surface area contributed by atoms with Gasteiger partial charge in [-0.05, 0) is 75.4 Å². The van der Waals surface area contributed by atoms with Gasteiger partial charge in [0.05, 0.1) is 12.0 Å². The van der Waals surface area contributed by atoms with Crippen LogP contribution in [0.15, 0.2) is 44.0 Å². The van der Waals surface area contributed by atoms with E-state index in [2.05, 4.69) is 5.32 Å². The Kier molecular flexibility index (Phi) is 6.39. The Hall–Kier alpha value is -4.07. The van der Waals surface area contributed by atoms with Crippen LogP contribution in [0, 0.1) is 27.7 Å². The summed E-state index contributed by atoms with van der Waals surface area (Å²) < 4.78 is 11.5. The van der Waals surface area contributed by atoms with Crippen molar-refractivity contribution < 1.29 is 28.6 Å². The summed E-state index contributed by atoms with van der Waals surface area (Å²) in [5, 5.41) is 25.1. The number of rotatable bonds is 7. The minimum Gasteiger partial charge on any atom is -0.548 e. The second-order valence-electron chi connectivity index (χ2n) is 8.84. The number of amides is 1. The van der Waals surface area contributed by atoms with E-state index in [0.717, 1.165) is 27.7 Å². The quantitative estimate of drug-likeness (QED) is 0.392. The molecule has 0 aliphatic rings. The van der Waals surface area contributed by atoms with Crippen LogP contribution in [0.5, 0.6) is 5.75 Å². The second kappa shape index (κ2) is 9.29. The second-order valence-corrected chi connectivity index (χ2v) is 8.84. The SMILES string of the molecule is Cc1oc2c(C)c3oc(=O)c(CCC(=O)N[C@@H](Cc4ccc(O)cc4)C(=O)[O-])c(C)c3cc2c1C. The molecule has 2 heterocycles. The summed E-state index contributed by atoms with van der Waals surface area (Å²) in [5.74, 6) is -1.09. The van der Waals surface area contributed by atoms with E-state index in [-0.39, 0.29) is 25.0 Å². The molecular weight excluding hydrogens is 450 g/mol. The van der Waals surface area contributed by atoms with Crippen LogP contribution >= 0.6 is 0 Å². The molecule has 0 aliphatic carbocycles. The number of hydrogen-bond donors (Lipinski definition) is 2. The van der Waals surface area contributed by atoms with E-state index in [1.165, 1.54) is 12.1 Å². The predicted octanol–water partition coefficient (Wildman–Crippen LogP) is 2.89. The monoisotopic (exact) mass is 476 g/mol. The Bertz CT molecular complexity index is 1510. The maximum atomic E-state index is 12.8. The van der Waals surface area contributed by atoms with Crippen LogP contribution in [0.25, 0.3) is 21.9 Å². The Labute approximate surface area is 201 Å². The summed E-state index contributed by atoms with van der Waals surface area (Å²) in [5.41, 5.74) is 4.06. The largest absolute Gasteiger partial charge is 0.548 e. The maximum absolute atomic E-state index is 12.8. The summed E-state index contributed by atoms with van der Waals surface area (Å²) >= 11 is 0. The molecule has 4 aromatic rings. The zero-order chi connectivity index (χ0) is 25.4. The van der Waals surface area contributed by atoms with Crippen molar-refractivity contribution in [1.29, 1.82) is 0 Å². The van der Waals surface area contributed by atoms with E-state index in [1.807, 2.05) is 33.8 Å². The molecule has 0 radical (unpaired) electrons. The van der Waals surface area contributed by atoms with Gasteiger partial charge in [0.1, 0.15) is 22.7 Å². The van der Waals surface area contributed by atoms with E-state index in [0.29, 0.717) is 27.9 Å². The van der Waals surface area contributed by atoms with Gasteiger partial charge < -0.3 is 29.2 Å². The third-order valence-electron chi connectivity index (χ3n) is 6.54. The maximum Gasteiger partial charge on any atom is 0.339 e. The first-order chi connectivity index (χ1) is 16.6. The molecule has 2 aromatic carbocycles. The Morgan fingerprint density at radius 3 is 2.26 bits per heavy atom. The molecule has 0 aliphatic heterocycles. The molecule has 0 spiro atoms. The molecule has 0 fully saturated rings. The fraction of sp³-hybridized carbons (Fsp3) is 0.296. The average molecular weight is 477 g/mol. The Balaban J connectivity index is 1.56. The normalized spacial score (nSPS) is 12.2. The van der Waals surface area contributed by atoms with Gasteiger partial charge in [-0.1, -0.05) is 12.1 Å². The average Bonchev–Trinajstić information content (AvgIpc) is 3.09. The first-order valence-electron chi connectivity index (χ1n) is 11.3. The number of aromatic hydroxyl groups is 1. The molecule has 4 rings (SSSR count). The lowest BCUT2D eigenvalue weighted by Gasteiger charge is -2.20. The first-order valence-corrected chi connectivity index (χ1v) is 11.3. The third-order valence-corrected chi connectivity index (χ3v) is 6.54. The molecule has 0 unspecified atom stereocenters. The lowest BCUT2D eigenvalue weighted by Crippen LogP contribution is -2.49. The number of carbonyl (C=O) groups excluding carboxylic acids is 2. The minimum absolute atomic E-state index is 0.00420. The molecule has 2 N–H and O–H groups in total. The molecule has 35 heavy (non-hydrogen) atoms. The Morgan fingerprint density at radius 2 is 1.60 bits per heavy atom. The van der Waals surface area contributed by atoms with Crippen LogP contribution in [-0.4, -0.2) is 23.0 Å². The number of carbonyl (C=O) groups is 2. The number of carboxylic acid groups (broad SMARTS) is 1. The van der Waals surface area contributed by atoms with Gasteiger partial charge in [0.15, 0.2) is 0 Å². The highest BCUT2D eigenvalue weighted by molar-refractivity contribution is 6.00. The number of hydrogen-bond acceptors (Lipinski definition) is 7. The van der Waals surface area contributed by atoms with Gasteiger partial charge in [-0.15, -0.1) is 0 Å². The summed E-state index contributed by atoms with van der Waals surface area (Å²) in [4.78, 5) is 36.9. The van der Waals surface area contributed by atoms with Crippen LogP contribution in [0.3, 0.4) is 0 Å². The van der Waals surface area contributed by atoms with E-state index >= 15 is 0 Å². The van der Waals surface area contributed by atoms with E-state index < -0.39 is 23.5 Å². The fourth-order valence-electron chi connectivity index (χ4n) is 4.35. The zero-order valence-corrected chi connectivity index (χ0v) is 20.0. The number of fused-ring (bicyclic) bond motifs is 2. The molecule has 1 amide bonds. The van der Waals surface area contributed by atoms with Crippen molar-refractivity contribution in [2.75, 3.05) is 0 Å². The van der Waals surface area contributed by atoms with Crippen molar-refractivity contribution in [2.45, 2.75) is 53.0 Å². The molecular formula is C27H26NO7-.